The monoisotopic (exact) mass is 384 g/mol. The van der Waals surface area contributed by atoms with Crippen molar-refractivity contribution < 1.29 is 13.9 Å². The molecule has 1 heterocycles. The van der Waals surface area contributed by atoms with Crippen molar-refractivity contribution in [2.45, 2.75) is 65.3 Å². The van der Waals surface area contributed by atoms with Crippen LogP contribution in [0.2, 0.25) is 0 Å². The minimum absolute atomic E-state index is 0.153. The predicted octanol–water partition coefficient (Wildman–Crippen LogP) is 4.92. The molecule has 1 aromatic carbocycles. The van der Waals surface area contributed by atoms with E-state index in [9.17, 15) is 4.79 Å². The number of benzene rings is 1. The minimum Gasteiger partial charge on any atom is -0.497 e. The highest BCUT2D eigenvalue weighted by molar-refractivity contribution is 5.76. The second-order valence-electron chi connectivity index (χ2n) is 8.05. The van der Waals surface area contributed by atoms with Crippen LogP contribution >= 0.6 is 0 Å². The average molecular weight is 385 g/mol. The van der Waals surface area contributed by atoms with Crippen LogP contribution in [-0.2, 0) is 11.2 Å². The molecule has 5 nitrogen and oxygen atoms in total. The molecule has 1 aromatic heterocycles. The Bertz CT molecular complexity index is 799. The van der Waals surface area contributed by atoms with Gasteiger partial charge in [0.2, 0.25) is 11.8 Å². The van der Waals surface area contributed by atoms with E-state index in [1.54, 1.807) is 7.11 Å². The molecule has 2 aromatic rings. The molecule has 0 saturated heterocycles. The predicted molar refractivity (Wildman–Crippen MR) is 110 cm³/mol. The van der Waals surface area contributed by atoms with Crippen molar-refractivity contribution in [3.63, 3.8) is 0 Å². The summed E-state index contributed by atoms with van der Waals surface area (Å²) in [5.41, 5.74) is 1.82. The van der Waals surface area contributed by atoms with Gasteiger partial charge in [0, 0.05) is 18.0 Å². The van der Waals surface area contributed by atoms with Crippen molar-refractivity contribution in [3.05, 3.63) is 35.7 Å². The summed E-state index contributed by atoms with van der Waals surface area (Å²) < 4.78 is 11.1. The van der Waals surface area contributed by atoms with Gasteiger partial charge in [-0.05, 0) is 56.2 Å². The number of amides is 1. The molecular weight excluding hydrogens is 352 g/mol. The van der Waals surface area contributed by atoms with Crippen LogP contribution in [0.3, 0.4) is 0 Å². The van der Waals surface area contributed by atoms with Crippen molar-refractivity contribution in [1.29, 1.82) is 0 Å². The lowest BCUT2D eigenvalue weighted by Gasteiger charge is -2.34. The number of carbonyl (C=O) groups excluding carboxylic acids is 1. The Hall–Kier alpha value is -2.30. The molecule has 3 unspecified atom stereocenters. The molecule has 0 aliphatic heterocycles. The van der Waals surface area contributed by atoms with Gasteiger partial charge in [-0.1, -0.05) is 32.8 Å². The van der Waals surface area contributed by atoms with Crippen LogP contribution < -0.4 is 10.1 Å². The summed E-state index contributed by atoms with van der Waals surface area (Å²) in [5, 5.41) is 3.25. The number of oxazole rings is 1. The standard InChI is InChI=1S/C23H32N2O3/c1-15-8-5-11-20(16(15)2)24-22(26)13-7-12-21-17(3)28-23(25-21)18-9-6-10-19(14-18)27-4/h6,9-10,14-16,20H,5,7-8,11-13H2,1-4H3,(H,24,26). The summed E-state index contributed by atoms with van der Waals surface area (Å²) in [6, 6.07) is 8.01. The fourth-order valence-electron chi connectivity index (χ4n) is 4.02. The third kappa shape index (κ3) is 4.94. The van der Waals surface area contributed by atoms with E-state index in [2.05, 4.69) is 24.1 Å². The van der Waals surface area contributed by atoms with Crippen LogP contribution in [-0.4, -0.2) is 24.0 Å². The summed E-state index contributed by atoms with van der Waals surface area (Å²) in [5.74, 6) is 3.58. The van der Waals surface area contributed by atoms with Gasteiger partial charge < -0.3 is 14.5 Å². The van der Waals surface area contributed by atoms with Crippen LogP contribution in [0, 0.1) is 18.8 Å². The summed E-state index contributed by atoms with van der Waals surface area (Å²) in [4.78, 5) is 17.0. The number of aromatic nitrogens is 1. The Labute approximate surface area is 167 Å². The fourth-order valence-corrected chi connectivity index (χ4v) is 4.02. The highest BCUT2D eigenvalue weighted by atomic mass is 16.5. The molecular formula is C23H32N2O3. The molecule has 3 atom stereocenters. The Morgan fingerprint density at radius 2 is 2.14 bits per heavy atom. The SMILES string of the molecule is COc1cccc(-c2nc(CCCC(=O)NC3CCCC(C)C3C)c(C)o2)c1. The van der Waals surface area contributed by atoms with Crippen LogP contribution in [0.15, 0.2) is 28.7 Å². The Balaban J connectivity index is 1.52. The van der Waals surface area contributed by atoms with Crippen LogP contribution in [0.4, 0.5) is 0 Å². The smallest absolute Gasteiger partial charge is 0.226 e. The quantitative estimate of drug-likeness (QED) is 0.736. The maximum Gasteiger partial charge on any atom is 0.226 e. The summed E-state index contributed by atoms with van der Waals surface area (Å²) in [7, 11) is 1.64. The number of hydrogen-bond acceptors (Lipinski definition) is 4. The lowest BCUT2D eigenvalue weighted by atomic mass is 9.78. The molecule has 152 valence electrons. The summed E-state index contributed by atoms with van der Waals surface area (Å²) >= 11 is 0. The van der Waals surface area contributed by atoms with E-state index in [-0.39, 0.29) is 5.91 Å². The number of nitrogens with one attached hydrogen (secondary N) is 1. The molecule has 0 bridgehead atoms. The summed E-state index contributed by atoms with van der Waals surface area (Å²) in [6.07, 6.45) is 5.62. The summed E-state index contributed by atoms with van der Waals surface area (Å²) in [6.45, 7) is 6.47. The van der Waals surface area contributed by atoms with E-state index >= 15 is 0 Å². The number of rotatable bonds is 7. The van der Waals surface area contributed by atoms with Gasteiger partial charge in [0.15, 0.2) is 0 Å². The van der Waals surface area contributed by atoms with Crippen molar-refractivity contribution in [3.8, 4) is 17.2 Å². The van der Waals surface area contributed by atoms with E-state index in [1.807, 2.05) is 31.2 Å². The van der Waals surface area contributed by atoms with Crippen molar-refractivity contribution in [2.75, 3.05) is 7.11 Å². The molecule has 0 radical (unpaired) electrons. The number of aryl methyl sites for hydroxylation is 2. The number of hydrogen-bond donors (Lipinski definition) is 1. The molecule has 1 saturated carbocycles. The number of carbonyl (C=O) groups is 1. The normalized spacial score (nSPS) is 22.1. The minimum atomic E-state index is 0.153. The first-order valence-corrected chi connectivity index (χ1v) is 10.4. The van der Waals surface area contributed by atoms with Crippen molar-refractivity contribution in [1.82, 2.24) is 10.3 Å². The molecule has 0 spiro atoms. The van der Waals surface area contributed by atoms with Crippen LogP contribution in [0.5, 0.6) is 5.75 Å². The lowest BCUT2D eigenvalue weighted by molar-refractivity contribution is -0.122. The molecule has 1 fully saturated rings. The van der Waals surface area contributed by atoms with Gasteiger partial charge in [-0.3, -0.25) is 4.79 Å². The van der Waals surface area contributed by atoms with Gasteiger partial charge in [0.1, 0.15) is 11.5 Å². The van der Waals surface area contributed by atoms with Gasteiger partial charge in [0.05, 0.1) is 12.8 Å². The molecule has 1 N–H and O–H groups in total. The highest BCUT2D eigenvalue weighted by Gasteiger charge is 2.27. The first-order chi connectivity index (χ1) is 13.5. The lowest BCUT2D eigenvalue weighted by Crippen LogP contribution is -2.43. The van der Waals surface area contributed by atoms with Crippen LogP contribution in [0.25, 0.3) is 11.5 Å². The molecule has 3 rings (SSSR count). The average Bonchev–Trinajstić information content (AvgIpc) is 3.06. The molecule has 28 heavy (non-hydrogen) atoms. The van der Waals surface area contributed by atoms with Gasteiger partial charge in [-0.25, -0.2) is 4.98 Å². The second-order valence-corrected chi connectivity index (χ2v) is 8.05. The first kappa shape index (κ1) is 20.4. The number of ether oxygens (including phenoxy) is 1. The van der Waals surface area contributed by atoms with E-state index in [0.29, 0.717) is 30.2 Å². The number of methoxy groups -OCH3 is 1. The largest absolute Gasteiger partial charge is 0.497 e. The molecule has 1 aliphatic carbocycles. The first-order valence-electron chi connectivity index (χ1n) is 10.4. The zero-order chi connectivity index (χ0) is 20.1. The van der Waals surface area contributed by atoms with Crippen molar-refractivity contribution >= 4 is 5.91 Å². The van der Waals surface area contributed by atoms with Gasteiger partial charge in [0.25, 0.3) is 0 Å². The van der Waals surface area contributed by atoms with Crippen LogP contribution in [0.1, 0.15) is 57.4 Å². The third-order valence-corrected chi connectivity index (χ3v) is 6.08. The fraction of sp³-hybridized carbons (Fsp3) is 0.565. The maximum atomic E-state index is 12.4. The van der Waals surface area contributed by atoms with E-state index < -0.39 is 0 Å². The molecule has 1 aliphatic rings. The van der Waals surface area contributed by atoms with Gasteiger partial charge in [-0.2, -0.15) is 0 Å². The van der Waals surface area contributed by atoms with E-state index in [0.717, 1.165) is 42.0 Å². The van der Waals surface area contributed by atoms with Gasteiger partial charge in [-0.15, -0.1) is 0 Å². The number of nitrogens with zero attached hydrogens (tertiary/aromatic N) is 1. The van der Waals surface area contributed by atoms with Crippen molar-refractivity contribution in [2.24, 2.45) is 11.8 Å². The van der Waals surface area contributed by atoms with E-state index in [4.69, 9.17) is 9.15 Å². The second kappa shape index (κ2) is 9.26. The highest BCUT2D eigenvalue weighted by Crippen LogP contribution is 2.29. The molecule has 5 heteroatoms. The zero-order valence-electron chi connectivity index (χ0n) is 17.5. The van der Waals surface area contributed by atoms with E-state index in [1.165, 1.54) is 12.8 Å². The zero-order valence-corrected chi connectivity index (χ0v) is 17.5. The maximum absolute atomic E-state index is 12.4. The Morgan fingerprint density at radius 3 is 2.93 bits per heavy atom. The molecule has 1 amide bonds. The topological polar surface area (TPSA) is 64.4 Å². The van der Waals surface area contributed by atoms with Gasteiger partial charge >= 0.3 is 0 Å². The Morgan fingerprint density at radius 1 is 1.32 bits per heavy atom. The Kier molecular flexibility index (Phi) is 6.76. The third-order valence-electron chi connectivity index (χ3n) is 6.08.